The van der Waals surface area contributed by atoms with Crippen LogP contribution in [0.4, 0.5) is 11.4 Å². The number of nitro benzene ring substituents is 1. The van der Waals surface area contributed by atoms with E-state index in [4.69, 9.17) is 4.74 Å². The van der Waals surface area contributed by atoms with Crippen LogP contribution in [0.15, 0.2) is 36.4 Å². The fourth-order valence-corrected chi connectivity index (χ4v) is 1.78. The second-order valence-corrected chi connectivity index (χ2v) is 4.28. The summed E-state index contributed by atoms with van der Waals surface area (Å²) in [5, 5.41) is 14.0. The first-order valence-electron chi connectivity index (χ1n) is 6.09. The molecule has 1 aromatic carbocycles. The number of aromatic nitrogens is 1. The minimum absolute atomic E-state index is 0.105. The van der Waals surface area contributed by atoms with Crippen LogP contribution >= 0.6 is 0 Å². The Labute approximate surface area is 116 Å². The molecule has 6 heteroatoms. The van der Waals surface area contributed by atoms with Crippen LogP contribution in [-0.2, 0) is 6.54 Å². The SMILES string of the molecule is COc1cccc(CNc2ccc(C)c([N+](=O)[O-])c2)n1. The summed E-state index contributed by atoms with van der Waals surface area (Å²) >= 11 is 0. The average Bonchev–Trinajstić information content (AvgIpc) is 2.46. The van der Waals surface area contributed by atoms with Gasteiger partial charge in [0.25, 0.3) is 5.69 Å². The molecule has 0 bridgehead atoms. The van der Waals surface area contributed by atoms with Crippen molar-refractivity contribution in [1.82, 2.24) is 4.98 Å². The number of nitro groups is 1. The maximum atomic E-state index is 10.9. The van der Waals surface area contributed by atoms with Crippen molar-refractivity contribution in [3.8, 4) is 5.88 Å². The van der Waals surface area contributed by atoms with Gasteiger partial charge in [-0.1, -0.05) is 12.1 Å². The highest BCUT2D eigenvalue weighted by atomic mass is 16.6. The summed E-state index contributed by atoms with van der Waals surface area (Å²) < 4.78 is 5.04. The molecule has 1 heterocycles. The topological polar surface area (TPSA) is 77.3 Å². The third-order valence-corrected chi connectivity index (χ3v) is 2.87. The van der Waals surface area contributed by atoms with Crippen molar-refractivity contribution < 1.29 is 9.66 Å². The fraction of sp³-hybridized carbons (Fsp3) is 0.214. The first-order chi connectivity index (χ1) is 9.60. The van der Waals surface area contributed by atoms with Gasteiger partial charge in [-0.2, -0.15) is 0 Å². The summed E-state index contributed by atoms with van der Waals surface area (Å²) in [6, 6.07) is 10.5. The van der Waals surface area contributed by atoms with Crippen LogP contribution in [0.5, 0.6) is 5.88 Å². The number of benzene rings is 1. The van der Waals surface area contributed by atoms with E-state index in [1.165, 1.54) is 6.07 Å². The van der Waals surface area contributed by atoms with Crippen LogP contribution in [0.3, 0.4) is 0 Å². The number of hydrogen-bond donors (Lipinski definition) is 1. The monoisotopic (exact) mass is 273 g/mol. The molecular formula is C14H15N3O3. The van der Waals surface area contributed by atoms with Gasteiger partial charge in [-0.3, -0.25) is 10.1 Å². The van der Waals surface area contributed by atoms with Crippen LogP contribution in [0.25, 0.3) is 0 Å². The van der Waals surface area contributed by atoms with Crippen LogP contribution < -0.4 is 10.1 Å². The van der Waals surface area contributed by atoms with Crippen molar-refractivity contribution in [2.45, 2.75) is 13.5 Å². The third-order valence-electron chi connectivity index (χ3n) is 2.87. The minimum Gasteiger partial charge on any atom is -0.481 e. The molecule has 2 rings (SSSR count). The van der Waals surface area contributed by atoms with Gasteiger partial charge < -0.3 is 10.1 Å². The predicted octanol–water partition coefficient (Wildman–Crippen LogP) is 2.92. The Bertz CT molecular complexity index is 629. The highest BCUT2D eigenvalue weighted by Gasteiger charge is 2.10. The normalized spacial score (nSPS) is 10.1. The lowest BCUT2D eigenvalue weighted by molar-refractivity contribution is -0.385. The van der Waals surface area contributed by atoms with E-state index < -0.39 is 0 Å². The number of pyridine rings is 1. The first-order valence-corrected chi connectivity index (χ1v) is 6.09. The molecule has 2 aromatic rings. The zero-order chi connectivity index (χ0) is 14.5. The highest BCUT2D eigenvalue weighted by Crippen LogP contribution is 2.22. The van der Waals surface area contributed by atoms with Gasteiger partial charge in [0.2, 0.25) is 5.88 Å². The summed E-state index contributed by atoms with van der Waals surface area (Å²) in [5.41, 5.74) is 2.23. The van der Waals surface area contributed by atoms with E-state index in [2.05, 4.69) is 10.3 Å². The van der Waals surface area contributed by atoms with Gasteiger partial charge in [0.1, 0.15) is 0 Å². The zero-order valence-corrected chi connectivity index (χ0v) is 11.3. The van der Waals surface area contributed by atoms with Crippen molar-refractivity contribution in [1.29, 1.82) is 0 Å². The summed E-state index contributed by atoms with van der Waals surface area (Å²) in [6.07, 6.45) is 0. The lowest BCUT2D eigenvalue weighted by Gasteiger charge is -2.07. The maximum Gasteiger partial charge on any atom is 0.274 e. The molecule has 0 saturated heterocycles. The molecule has 1 N–H and O–H groups in total. The molecule has 0 aliphatic carbocycles. The molecule has 104 valence electrons. The summed E-state index contributed by atoms with van der Waals surface area (Å²) in [4.78, 5) is 14.8. The molecule has 0 aliphatic rings. The fourth-order valence-electron chi connectivity index (χ4n) is 1.78. The average molecular weight is 273 g/mol. The quantitative estimate of drug-likeness (QED) is 0.669. The molecule has 1 aromatic heterocycles. The van der Waals surface area contributed by atoms with E-state index in [9.17, 15) is 10.1 Å². The Morgan fingerprint density at radius 3 is 2.85 bits per heavy atom. The van der Waals surface area contributed by atoms with Gasteiger partial charge in [-0.15, -0.1) is 0 Å². The molecule has 0 spiro atoms. The van der Waals surface area contributed by atoms with Crippen molar-refractivity contribution in [2.75, 3.05) is 12.4 Å². The molecule has 0 saturated carbocycles. The van der Waals surface area contributed by atoms with Gasteiger partial charge in [0.15, 0.2) is 0 Å². The molecule has 20 heavy (non-hydrogen) atoms. The Balaban J connectivity index is 2.10. The van der Waals surface area contributed by atoms with Crippen molar-refractivity contribution >= 4 is 11.4 Å². The third kappa shape index (κ3) is 3.23. The number of nitrogens with one attached hydrogen (secondary N) is 1. The number of ether oxygens (including phenoxy) is 1. The first kappa shape index (κ1) is 13.8. The smallest absolute Gasteiger partial charge is 0.274 e. The lowest BCUT2D eigenvalue weighted by atomic mass is 10.2. The molecule has 0 atom stereocenters. The van der Waals surface area contributed by atoms with E-state index in [-0.39, 0.29) is 10.6 Å². The Kier molecular flexibility index (Phi) is 4.14. The zero-order valence-electron chi connectivity index (χ0n) is 11.3. The van der Waals surface area contributed by atoms with Gasteiger partial charge >= 0.3 is 0 Å². The second kappa shape index (κ2) is 6.01. The standard InChI is InChI=1S/C14H15N3O3/c1-10-6-7-11(8-13(10)17(18)19)15-9-12-4-3-5-14(16-12)20-2/h3-8,15H,9H2,1-2H3. The number of hydrogen-bond acceptors (Lipinski definition) is 5. The molecule has 0 fully saturated rings. The molecule has 0 aliphatic heterocycles. The number of rotatable bonds is 5. The molecule has 0 unspecified atom stereocenters. The van der Waals surface area contributed by atoms with Crippen LogP contribution in [-0.4, -0.2) is 17.0 Å². The van der Waals surface area contributed by atoms with Gasteiger partial charge in [-0.25, -0.2) is 4.98 Å². The molecule has 6 nitrogen and oxygen atoms in total. The highest BCUT2D eigenvalue weighted by molar-refractivity contribution is 5.54. The predicted molar refractivity (Wildman–Crippen MR) is 75.9 cm³/mol. The van der Waals surface area contributed by atoms with Crippen molar-refractivity contribution in [2.24, 2.45) is 0 Å². The van der Waals surface area contributed by atoms with Crippen LogP contribution in [0.2, 0.25) is 0 Å². The molecule has 0 amide bonds. The van der Waals surface area contributed by atoms with E-state index in [1.807, 2.05) is 18.2 Å². The minimum atomic E-state index is -0.385. The Morgan fingerprint density at radius 1 is 1.35 bits per heavy atom. The Hall–Kier alpha value is -2.63. The van der Waals surface area contributed by atoms with Crippen molar-refractivity contribution in [3.05, 3.63) is 57.8 Å². The van der Waals surface area contributed by atoms with E-state index in [0.717, 1.165) is 5.69 Å². The molecule has 0 radical (unpaired) electrons. The lowest BCUT2D eigenvalue weighted by Crippen LogP contribution is -2.03. The van der Waals surface area contributed by atoms with E-state index in [1.54, 1.807) is 26.2 Å². The summed E-state index contributed by atoms with van der Waals surface area (Å²) in [5.74, 6) is 0.541. The molecular weight excluding hydrogens is 258 g/mol. The maximum absolute atomic E-state index is 10.9. The van der Waals surface area contributed by atoms with E-state index >= 15 is 0 Å². The number of methoxy groups -OCH3 is 1. The number of nitrogens with zero attached hydrogens (tertiary/aromatic N) is 2. The second-order valence-electron chi connectivity index (χ2n) is 4.28. The van der Waals surface area contributed by atoms with Gasteiger partial charge in [-0.05, 0) is 19.1 Å². The Morgan fingerprint density at radius 2 is 2.15 bits per heavy atom. The largest absolute Gasteiger partial charge is 0.481 e. The van der Waals surface area contributed by atoms with Crippen LogP contribution in [0.1, 0.15) is 11.3 Å². The van der Waals surface area contributed by atoms with E-state index in [0.29, 0.717) is 23.7 Å². The van der Waals surface area contributed by atoms with Gasteiger partial charge in [0, 0.05) is 23.4 Å². The van der Waals surface area contributed by atoms with Crippen LogP contribution in [0, 0.1) is 17.0 Å². The number of aryl methyl sites for hydroxylation is 1. The summed E-state index contributed by atoms with van der Waals surface area (Å²) in [6.45, 7) is 2.18. The van der Waals surface area contributed by atoms with Crippen molar-refractivity contribution in [3.63, 3.8) is 0 Å². The number of anilines is 1. The van der Waals surface area contributed by atoms with Gasteiger partial charge in [0.05, 0.1) is 24.3 Å². The summed E-state index contributed by atoms with van der Waals surface area (Å²) in [7, 11) is 1.56.